The van der Waals surface area contributed by atoms with Crippen molar-refractivity contribution in [2.75, 3.05) is 32.1 Å². The van der Waals surface area contributed by atoms with Gasteiger partial charge in [0.05, 0.1) is 13.3 Å². The summed E-state index contributed by atoms with van der Waals surface area (Å²) in [5.74, 6) is 1.47. The highest BCUT2D eigenvalue weighted by molar-refractivity contribution is 5.78. The summed E-state index contributed by atoms with van der Waals surface area (Å²) in [5, 5.41) is 7.77. The van der Waals surface area contributed by atoms with Crippen LogP contribution in [0.5, 0.6) is 11.8 Å². The van der Waals surface area contributed by atoms with E-state index < -0.39 is 0 Å². The van der Waals surface area contributed by atoms with Crippen molar-refractivity contribution in [1.82, 2.24) is 20.1 Å². The summed E-state index contributed by atoms with van der Waals surface area (Å²) in [4.78, 5) is 9.55. The normalized spacial score (nSPS) is 17.4. The minimum atomic E-state index is -0.324. The van der Waals surface area contributed by atoms with Gasteiger partial charge in [0.15, 0.2) is 0 Å². The van der Waals surface area contributed by atoms with Crippen LogP contribution in [0.25, 0.3) is 22.3 Å². The Labute approximate surface area is 199 Å². The van der Waals surface area contributed by atoms with Crippen molar-refractivity contribution < 1.29 is 13.9 Å². The van der Waals surface area contributed by atoms with Crippen molar-refractivity contribution >= 4 is 5.82 Å². The summed E-state index contributed by atoms with van der Waals surface area (Å²) < 4.78 is 26.6. The van der Waals surface area contributed by atoms with E-state index >= 15 is 4.39 Å². The molecule has 7 nitrogen and oxygen atoms in total. The third-order valence-electron chi connectivity index (χ3n) is 6.98. The van der Waals surface area contributed by atoms with Crippen LogP contribution in [-0.4, -0.2) is 58.9 Å². The largest absolute Gasteiger partial charge is 0.480 e. The lowest BCUT2D eigenvalue weighted by Gasteiger charge is -2.37. The molecule has 178 valence electrons. The molecule has 0 unspecified atom stereocenters. The molecule has 0 spiro atoms. The maximum Gasteiger partial charge on any atom is 0.233 e. The fourth-order valence-corrected chi connectivity index (χ4v) is 4.71. The average Bonchev–Trinajstić information content (AvgIpc) is 3.33. The minimum absolute atomic E-state index is 0.122. The molecule has 0 bridgehead atoms. The van der Waals surface area contributed by atoms with Gasteiger partial charge in [0, 0.05) is 53.0 Å². The fourth-order valence-electron chi connectivity index (χ4n) is 4.71. The summed E-state index contributed by atoms with van der Waals surface area (Å²) in [7, 11) is 3.70. The Morgan fingerprint density at radius 3 is 2.68 bits per heavy atom. The second-order valence-electron chi connectivity index (χ2n) is 9.92. The number of rotatable bonds is 4. The Bertz CT molecular complexity index is 1230. The molecule has 4 heterocycles. The van der Waals surface area contributed by atoms with E-state index in [4.69, 9.17) is 14.5 Å². The molecule has 1 saturated heterocycles. The maximum atomic E-state index is 15.5. The van der Waals surface area contributed by atoms with Gasteiger partial charge < -0.3 is 14.4 Å². The van der Waals surface area contributed by atoms with Gasteiger partial charge in [0.25, 0.3) is 0 Å². The van der Waals surface area contributed by atoms with Crippen LogP contribution in [-0.2, 0) is 6.61 Å². The molecule has 3 aromatic rings. The zero-order valence-electron chi connectivity index (χ0n) is 20.3. The van der Waals surface area contributed by atoms with E-state index in [1.165, 1.54) is 13.3 Å². The number of benzene rings is 1. The lowest BCUT2D eigenvalue weighted by Crippen LogP contribution is -2.46. The number of methoxy groups -OCH3 is 1. The first kappa shape index (κ1) is 22.5. The first-order valence-corrected chi connectivity index (χ1v) is 11.6. The van der Waals surface area contributed by atoms with Crippen LogP contribution in [0.15, 0.2) is 36.5 Å². The molecule has 1 atom stereocenters. The van der Waals surface area contributed by atoms with E-state index in [9.17, 15) is 0 Å². The number of halogens is 1. The Kier molecular flexibility index (Phi) is 5.64. The zero-order valence-corrected chi connectivity index (χ0v) is 20.3. The number of hydrogen-bond acceptors (Lipinski definition) is 7. The number of ether oxygens (including phenoxy) is 2. The molecule has 1 fully saturated rings. The molecule has 0 amide bonds. The third-order valence-corrected chi connectivity index (χ3v) is 6.98. The molecule has 1 aromatic carbocycles. The standard InChI is InChI=1S/C26H30FN5O2/c1-26(2,3)31(4)17-10-11-32(14-17)22-9-8-20-19-7-6-18(16-12-23(33-5)30-28-13-16)24(27)21(19)15-34-25(20)29-22/h6-9,12-13,17H,10-11,14-15H2,1-5H3/t17-/m0/s1. The number of fused-ring (bicyclic) bond motifs is 3. The summed E-state index contributed by atoms with van der Waals surface area (Å²) >= 11 is 0. The van der Waals surface area contributed by atoms with Crippen molar-refractivity contribution in [3.05, 3.63) is 47.9 Å². The molecule has 2 aliphatic heterocycles. The molecule has 8 heteroatoms. The van der Waals surface area contributed by atoms with Gasteiger partial charge in [-0.25, -0.2) is 4.39 Å². The molecule has 2 aromatic heterocycles. The highest BCUT2D eigenvalue weighted by Gasteiger charge is 2.32. The number of anilines is 1. The summed E-state index contributed by atoms with van der Waals surface area (Å²) in [6.07, 6.45) is 2.62. The maximum absolute atomic E-state index is 15.5. The number of nitrogens with zero attached hydrogens (tertiary/aromatic N) is 5. The summed E-state index contributed by atoms with van der Waals surface area (Å²) in [6.45, 7) is 8.73. The molecule has 0 aliphatic carbocycles. The Morgan fingerprint density at radius 2 is 1.91 bits per heavy atom. The van der Waals surface area contributed by atoms with Crippen LogP contribution in [0, 0.1) is 5.82 Å². The van der Waals surface area contributed by atoms with Gasteiger partial charge in [-0.1, -0.05) is 12.1 Å². The smallest absolute Gasteiger partial charge is 0.233 e. The van der Waals surface area contributed by atoms with Crippen LogP contribution < -0.4 is 14.4 Å². The molecule has 0 N–H and O–H groups in total. The number of pyridine rings is 1. The predicted octanol–water partition coefficient (Wildman–Crippen LogP) is 4.55. The van der Waals surface area contributed by atoms with Crippen LogP contribution in [0.1, 0.15) is 32.8 Å². The van der Waals surface area contributed by atoms with Crippen LogP contribution in [0.2, 0.25) is 0 Å². The van der Waals surface area contributed by atoms with Crippen molar-refractivity contribution in [3.8, 4) is 34.0 Å². The minimum Gasteiger partial charge on any atom is -0.480 e. The summed E-state index contributed by atoms with van der Waals surface area (Å²) in [6, 6.07) is 9.85. The van der Waals surface area contributed by atoms with E-state index in [1.807, 2.05) is 18.2 Å². The second kappa shape index (κ2) is 8.51. The van der Waals surface area contributed by atoms with Crippen molar-refractivity contribution in [3.63, 3.8) is 0 Å². The lowest BCUT2D eigenvalue weighted by molar-refractivity contribution is 0.127. The van der Waals surface area contributed by atoms with E-state index in [0.717, 1.165) is 36.5 Å². The monoisotopic (exact) mass is 463 g/mol. The van der Waals surface area contributed by atoms with Gasteiger partial charge in [0.1, 0.15) is 18.2 Å². The summed E-state index contributed by atoms with van der Waals surface area (Å²) in [5.41, 5.74) is 3.30. The number of hydrogen-bond donors (Lipinski definition) is 0. The van der Waals surface area contributed by atoms with E-state index in [2.05, 4.69) is 47.8 Å². The van der Waals surface area contributed by atoms with Gasteiger partial charge in [-0.05, 0) is 51.9 Å². The SMILES string of the molecule is COc1cc(-c2ccc3c(c2F)COc2nc(N4CC[C@H](N(C)C(C)(C)C)C4)ccc2-3)cnn1. The van der Waals surface area contributed by atoms with Crippen LogP contribution >= 0.6 is 0 Å². The van der Waals surface area contributed by atoms with E-state index in [-0.39, 0.29) is 18.0 Å². The van der Waals surface area contributed by atoms with Crippen LogP contribution in [0.4, 0.5) is 10.2 Å². The molecule has 2 aliphatic rings. The zero-order chi connectivity index (χ0) is 24.0. The number of likely N-dealkylation sites (N-methyl/N-ethyl adjacent to an activating group) is 1. The Balaban J connectivity index is 1.42. The molecule has 34 heavy (non-hydrogen) atoms. The van der Waals surface area contributed by atoms with Crippen LogP contribution in [0.3, 0.4) is 0 Å². The predicted molar refractivity (Wildman–Crippen MR) is 130 cm³/mol. The lowest BCUT2D eigenvalue weighted by atomic mass is 9.94. The van der Waals surface area contributed by atoms with Gasteiger partial charge >= 0.3 is 0 Å². The first-order valence-electron chi connectivity index (χ1n) is 11.6. The molecular formula is C26H30FN5O2. The van der Waals surface area contributed by atoms with Gasteiger partial charge in [-0.3, -0.25) is 4.90 Å². The topological polar surface area (TPSA) is 63.6 Å². The highest BCUT2D eigenvalue weighted by Crippen LogP contribution is 2.41. The Morgan fingerprint density at radius 1 is 1.15 bits per heavy atom. The molecule has 0 radical (unpaired) electrons. The van der Waals surface area contributed by atoms with Crippen molar-refractivity contribution in [2.45, 2.75) is 45.4 Å². The second-order valence-corrected chi connectivity index (χ2v) is 9.92. The molecular weight excluding hydrogens is 433 g/mol. The fraction of sp³-hybridized carbons (Fsp3) is 0.423. The van der Waals surface area contributed by atoms with Gasteiger partial charge in [-0.2, -0.15) is 10.1 Å². The Hall–Kier alpha value is -3.26. The van der Waals surface area contributed by atoms with Gasteiger partial charge in [-0.15, -0.1) is 5.10 Å². The van der Waals surface area contributed by atoms with Crippen molar-refractivity contribution in [1.29, 1.82) is 0 Å². The first-order chi connectivity index (χ1) is 16.3. The molecule has 5 rings (SSSR count). The number of aromatic nitrogens is 3. The third kappa shape index (κ3) is 3.96. The quantitative estimate of drug-likeness (QED) is 0.562. The van der Waals surface area contributed by atoms with E-state index in [0.29, 0.717) is 34.5 Å². The highest BCUT2D eigenvalue weighted by atomic mass is 19.1. The van der Waals surface area contributed by atoms with E-state index in [1.54, 1.807) is 12.1 Å². The average molecular weight is 464 g/mol. The van der Waals surface area contributed by atoms with Crippen molar-refractivity contribution in [2.24, 2.45) is 0 Å². The van der Waals surface area contributed by atoms with Gasteiger partial charge in [0.2, 0.25) is 11.8 Å². The molecule has 0 saturated carbocycles.